The summed E-state index contributed by atoms with van der Waals surface area (Å²) in [5.74, 6) is 1.04. The van der Waals surface area contributed by atoms with Crippen LogP contribution in [0.15, 0.2) is 30.6 Å². The van der Waals surface area contributed by atoms with Crippen LogP contribution in [-0.2, 0) is 0 Å². The molecular formula is C12H14N4. The first-order valence-electron chi connectivity index (χ1n) is 5.05. The maximum absolute atomic E-state index is 7.42. The summed E-state index contributed by atoms with van der Waals surface area (Å²) in [5.41, 5.74) is 8.29. The molecule has 0 aliphatic rings. The highest BCUT2D eigenvalue weighted by Gasteiger charge is 2.05. The number of aryl methyl sites for hydroxylation is 2. The zero-order valence-electron chi connectivity index (χ0n) is 9.36. The average Bonchev–Trinajstić information content (AvgIpc) is 2.63. The van der Waals surface area contributed by atoms with E-state index in [1.54, 1.807) is 6.20 Å². The molecule has 1 aromatic carbocycles. The molecule has 4 nitrogen and oxygen atoms in total. The largest absolute Gasteiger partial charge is 0.384 e. The molecule has 16 heavy (non-hydrogen) atoms. The lowest BCUT2D eigenvalue weighted by molar-refractivity contribution is 0.972. The fourth-order valence-corrected chi connectivity index (χ4v) is 1.75. The lowest BCUT2D eigenvalue weighted by Gasteiger charge is -2.09. The Morgan fingerprint density at radius 2 is 2.12 bits per heavy atom. The Kier molecular flexibility index (Phi) is 2.48. The summed E-state index contributed by atoms with van der Waals surface area (Å²) >= 11 is 0. The minimum atomic E-state index is 0.103. The molecule has 0 spiro atoms. The van der Waals surface area contributed by atoms with Crippen molar-refractivity contribution >= 4 is 5.84 Å². The summed E-state index contributed by atoms with van der Waals surface area (Å²) in [7, 11) is 0. The number of benzene rings is 1. The van der Waals surface area contributed by atoms with Gasteiger partial charge >= 0.3 is 0 Å². The van der Waals surface area contributed by atoms with Crippen molar-refractivity contribution in [2.24, 2.45) is 5.73 Å². The van der Waals surface area contributed by atoms with Gasteiger partial charge in [-0.2, -0.15) is 0 Å². The number of imidazole rings is 1. The summed E-state index contributed by atoms with van der Waals surface area (Å²) in [4.78, 5) is 4.18. The van der Waals surface area contributed by atoms with Gasteiger partial charge in [0.1, 0.15) is 11.7 Å². The number of aromatic nitrogens is 2. The van der Waals surface area contributed by atoms with Crippen molar-refractivity contribution in [3.8, 4) is 5.69 Å². The van der Waals surface area contributed by atoms with E-state index in [1.807, 2.05) is 42.8 Å². The van der Waals surface area contributed by atoms with Gasteiger partial charge in [0.05, 0.1) is 0 Å². The van der Waals surface area contributed by atoms with E-state index >= 15 is 0 Å². The molecular weight excluding hydrogens is 200 g/mol. The van der Waals surface area contributed by atoms with Crippen molar-refractivity contribution in [1.29, 1.82) is 5.41 Å². The molecule has 0 atom stereocenters. The molecule has 82 valence electrons. The van der Waals surface area contributed by atoms with Gasteiger partial charge in [0, 0.05) is 23.6 Å². The molecule has 4 heteroatoms. The van der Waals surface area contributed by atoms with E-state index in [1.165, 1.54) is 0 Å². The molecule has 0 radical (unpaired) electrons. The molecule has 0 amide bonds. The van der Waals surface area contributed by atoms with Gasteiger partial charge < -0.3 is 10.3 Å². The van der Waals surface area contributed by atoms with Crippen LogP contribution in [0.2, 0.25) is 0 Å². The molecule has 1 heterocycles. The van der Waals surface area contributed by atoms with Gasteiger partial charge in [-0.25, -0.2) is 4.98 Å². The van der Waals surface area contributed by atoms with Crippen LogP contribution in [0.4, 0.5) is 0 Å². The molecule has 2 rings (SSSR count). The highest BCUT2D eigenvalue weighted by molar-refractivity contribution is 5.96. The first-order chi connectivity index (χ1) is 7.59. The van der Waals surface area contributed by atoms with E-state index in [0.29, 0.717) is 0 Å². The number of hydrogen-bond acceptors (Lipinski definition) is 2. The van der Waals surface area contributed by atoms with Gasteiger partial charge in [-0.1, -0.05) is 0 Å². The summed E-state index contributed by atoms with van der Waals surface area (Å²) in [6, 6.07) is 5.82. The number of amidine groups is 1. The predicted octanol–water partition coefficient (Wildman–Crippen LogP) is 1.77. The van der Waals surface area contributed by atoms with E-state index in [2.05, 4.69) is 4.98 Å². The van der Waals surface area contributed by atoms with Gasteiger partial charge in [0.15, 0.2) is 0 Å². The first-order valence-corrected chi connectivity index (χ1v) is 5.05. The minimum Gasteiger partial charge on any atom is -0.384 e. The van der Waals surface area contributed by atoms with Crippen LogP contribution < -0.4 is 5.73 Å². The van der Waals surface area contributed by atoms with E-state index in [9.17, 15) is 0 Å². The number of nitrogen functional groups attached to an aromatic ring is 1. The van der Waals surface area contributed by atoms with Crippen LogP contribution in [0.1, 0.15) is 17.0 Å². The second kappa shape index (κ2) is 3.81. The fraction of sp³-hybridized carbons (Fsp3) is 0.167. The van der Waals surface area contributed by atoms with Crippen LogP contribution in [-0.4, -0.2) is 15.4 Å². The third-order valence-electron chi connectivity index (χ3n) is 2.60. The van der Waals surface area contributed by atoms with Gasteiger partial charge in [-0.3, -0.25) is 5.41 Å². The van der Waals surface area contributed by atoms with Crippen molar-refractivity contribution in [3.05, 3.63) is 47.5 Å². The standard InChI is InChI=1S/C12H14N4/c1-8-7-10(3-4-11(8)12(13)14)16-6-5-15-9(16)2/h3-7H,1-2H3,(H3,13,14). The zero-order chi connectivity index (χ0) is 11.7. The lowest BCUT2D eigenvalue weighted by Crippen LogP contribution is -2.13. The van der Waals surface area contributed by atoms with Crippen molar-refractivity contribution in [2.75, 3.05) is 0 Å². The molecule has 1 aromatic heterocycles. The quantitative estimate of drug-likeness (QED) is 0.591. The summed E-state index contributed by atoms with van der Waals surface area (Å²) in [6.45, 7) is 3.90. The van der Waals surface area contributed by atoms with Crippen LogP contribution in [0.5, 0.6) is 0 Å². The third kappa shape index (κ3) is 1.69. The predicted molar refractivity (Wildman–Crippen MR) is 64.1 cm³/mol. The number of hydrogen-bond donors (Lipinski definition) is 2. The number of nitrogens with zero attached hydrogens (tertiary/aromatic N) is 2. The Bertz CT molecular complexity index is 540. The van der Waals surface area contributed by atoms with E-state index in [0.717, 1.165) is 22.6 Å². The smallest absolute Gasteiger partial charge is 0.123 e. The maximum Gasteiger partial charge on any atom is 0.123 e. The van der Waals surface area contributed by atoms with Crippen LogP contribution in [0.25, 0.3) is 5.69 Å². The minimum absolute atomic E-state index is 0.103. The summed E-state index contributed by atoms with van der Waals surface area (Å²) < 4.78 is 2.00. The maximum atomic E-state index is 7.42. The van der Waals surface area contributed by atoms with Gasteiger partial charge in [0.2, 0.25) is 0 Å². The Morgan fingerprint density at radius 3 is 2.62 bits per heavy atom. The number of nitrogens with one attached hydrogen (secondary N) is 1. The van der Waals surface area contributed by atoms with Gasteiger partial charge in [-0.15, -0.1) is 0 Å². The third-order valence-corrected chi connectivity index (χ3v) is 2.60. The molecule has 0 aliphatic heterocycles. The van der Waals surface area contributed by atoms with E-state index in [-0.39, 0.29) is 5.84 Å². The Morgan fingerprint density at radius 1 is 1.38 bits per heavy atom. The monoisotopic (exact) mass is 214 g/mol. The number of nitrogens with two attached hydrogens (primary N) is 1. The molecule has 2 aromatic rings. The molecule has 0 saturated heterocycles. The van der Waals surface area contributed by atoms with Crippen molar-refractivity contribution in [1.82, 2.24) is 9.55 Å². The van der Waals surface area contributed by atoms with E-state index < -0.39 is 0 Å². The number of rotatable bonds is 2. The van der Waals surface area contributed by atoms with Crippen molar-refractivity contribution in [3.63, 3.8) is 0 Å². The highest BCUT2D eigenvalue weighted by atomic mass is 15.1. The SMILES string of the molecule is Cc1cc(-n2ccnc2C)ccc1C(=N)N. The fourth-order valence-electron chi connectivity index (χ4n) is 1.75. The zero-order valence-corrected chi connectivity index (χ0v) is 9.36. The van der Waals surface area contributed by atoms with Crippen molar-refractivity contribution in [2.45, 2.75) is 13.8 Å². The molecule has 0 unspecified atom stereocenters. The Labute approximate surface area is 94.2 Å². The highest BCUT2D eigenvalue weighted by Crippen LogP contribution is 2.15. The topological polar surface area (TPSA) is 67.7 Å². The van der Waals surface area contributed by atoms with Crippen LogP contribution in [0, 0.1) is 19.3 Å². The van der Waals surface area contributed by atoms with Crippen LogP contribution >= 0.6 is 0 Å². The summed E-state index contributed by atoms with van der Waals surface area (Å²) in [6.07, 6.45) is 3.68. The molecule has 0 aliphatic carbocycles. The van der Waals surface area contributed by atoms with Gasteiger partial charge in [-0.05, 0) is 37.6 Å². The van der Waals surface area contributed by atoms with E-state index in [4.69, 9.17) is 11.1 Å². The van der Waals surface area contributed by atoms with Gasteiger partial charge in [0.25, 0.3) is 0 Å². The van der Waals surface area contributed by atoms with Crippen molar-refractivity contribution < 1.29 is 0 Å². The second-order valence-corrected chi connectivity index (χ2v) is 3.76. The molecule has 0 saturated carbocycles. The van der Waals surface area contributed by atoms with Crippen LogP contribution in [0.3, 0.4) is 0 Å². The summed E-state index contributed by atoms with van der Waals surface area (Å²) in [5, 5.41) is 7.42. The first kappa shape index (κ1) is 10.4. The molecule has 0 fully saturated rings. The Hall–Kier alpha value is -2.10. The average molecular weight is 214 g/mol. The molecule has 0 bridgehead atoms. The Balaban J connectivity index is 2.50. The molecule has 3 N–H and O–H groups in total. The lowest BCUT2D eigenvalue weighted by atomic mass is 10.1. The normalized spacial score (nSPS) is 10.4. The second-order valence-electron chi connectivity index (χ2n) is 3.76.